The van der Waals surface area contributed by atoms with E-state index in [0.717, 1.165) is 78.8 Å². The number of aliphatic hydroxyl groups excluding tert-OH is 1. The Balaban J connectivity index is 1.48. The third-order valence-corrected chi connectivity index (χ3v) is 6.40. The van der Waals surface area contributed by atoms with Crippen molar-refractivity contribution in [2.45, 2.75) is 52.3 Å². The highest BCUT2D eigenvalue weighted by Gasteiger charge is 2.29. The van der Waals surface area contributed by atoms with E-state index in [4.69, 9.17) is 14.7 Å². The Morgan fingerprint density at radius 3 is 2.88 bits per heavy atom. The van der Waals surface area contributed by atoms with Gasteiger partial charge in [-0.2, -0.15) is 0 Å². The second-order valence-electron chi connectivity index (χ2n) is 8.55. The van der Waals surface area contributed by atoms with Gasteiger partial charge in [0.2, 0.25) is 5.91 Å². The Morgan fingerprint density at radius 2 is 2.16 bits per heavy atom. The van der Waals surface area contributed by atoms with E-state index in [0.29, 0.717) is 13.2 Å². The summed E-state index contributed by atoms with van der Waals surface area (Å²) < 4.78 is 5.60. The number of carbonyl (C=O) groups excluding carboxylic acids is 1. The number of fused-ring (bicyclic) bond motifs is 1. The molecule has 1 fully saturated rings. The lowest BCUT2D eigenvalue weighted by Crippen LogP contribution is -2.35. The number of amides is 1. The monoisotopic (exact) mass is 439 g/mol. The van der Waals surface area contributed by atoms with Crippen LogP contribution in [0, 0.1) is 0 Å². The van der Waals surface area contributed by atoms with Crippen molar-refractivity contribution in [3.63, 3.8) is 0 Å². The molecule has 3 heterocycles. The molecule has 1 aromatic carbocycles. The Labute approximate surface area is 189 Å². The molecule has 1 aromatic heterocycles. The summed E-state index contributed by atoms with van der Waals surface area (Å²) in [5.41, 5.74) is 4.09. The zero-order valence-electron chi connectivity index (χ0n) is 19.2. The molecule has 2 N–H and O–H groups in total. The molecule has 1 saturated heterocycles. The zero-order chi connectivity index (χ0) is 22.7. The number of likely N-dealkylation sites (tertiary alicyclic amines) is 1. The molecule has 0 saturated carbocycles. The van der Waals surface area contributed by atoms with Crippen LogP contribution in [0.15, 0.2) is 18.2 Å². The highest BCUT2D eigenvalue weighted by Crippen LogP contribution is 2.31. The lowest BCUT2D eigenvalue weighted by Gasteiger charge is -2.29. The number of anilines is 1. The summed E-state index contributed by atoms with van der Waals surface area (Å²) in [6, 6.07) is 6.05. The van der Waals surface area contributed by atoms with Crippen LogP contribution < -0.4 is 10.1 Å². The molecule has 0 aliphatic carbocycles. The minimum Gasteiger partial charge on any atom is -0.494 e. The number of nitrogens with one attached hydrogen (secondary N) is 1. The number of aliphatic hydroxyl groups is 1. The van der Waals surface area contributed by atoms with Crippen LogP contribution in [0.25, 0.3) is 0 Å². The average molecular weight is 440 g/mol. The van der Waals surface area contributed by atoms with Crippen LogP contribution in [-0.2, 0) is 30.9 Å². The zero-order valence-corrected chi connectivity index (χ0v) is 19.2. The van der Waals surface area contributed by atoms with Gasteiger partial charge >= 0.3 is 0 Å². The van der Waals surface area contributed by atoms with E-state index in [-0.39, 0.29) is 18.4 Å². The van der Waals surface area contributed by atoms with Crippen LogP contribution in [0.3, 0.4) is 0 Å². The summed E-state index contributed by atoms with van der Waals surface area (Å²) in [4.78, 5) is 25.9. The molecule has 2 aliphatic heterocycles. The minimum absolute atomic E-state index is 0.0289. The summed E-state index contributed by atoms with van der Waals surface area (Å²) in [6.07, 6.45) is 1.79. The number of aromatic nitrogens is 2. The number of ether oxygens (including phenoxy) is 1. The molecule has 0 spiro atoms. The molecular weight excluding hydrogens is 406 g/mol. The van der Waals surface area contributed by atoms with E-state index in [1.165, 1.54) is 0 Å². The van der Waals surface area contributed by atoms with Gasteiger partial charge in [-0.1, -0.05) is 6.07 Å². The molecule has 0 bridgehead atoms. The van der Waals surface area contributed by atoms with Crippen LogP contribution in [0.2, 0.25) is 0 Å². The maximum absolute atomic E-state index is 11.9. The van der Waals surface area contributed by atoms with Gasteiger partial charge in [0.15, 0.2) is 0 Å². The number of carbonyl (C=O) groups is 1. The van der Waals surface area contributed by atoms with Gasteiger partial charge in [-0.3, -0.25) is 9.69 Å². The van der Waals surface area contributed by atoms with Gasteiger partial charge in [-0.05, 0) is 44.0 Å². The normalized spacial score (nSPS) is 18.5. The molecule has 4 rings (SSSR count). The average Bonchev–Trinajstić information content (AvgIpc) is 3.27. The van der Waals surface area contributed by atoms with E-state index in [9.17, 15) is 9.90 Å². The van der Waals surface area contributed by atoms with Crippen LogP contribution >= 0.6 is 0 Å². The van der Waals surface area contributed by atoms with E-state index in [2.05, 4.69) is 16.3 Å². The summed E-state index contributed by atoms with van der Waals surface area (Å²) >= 11 is 0. The van der Waals surface area contributed by atoms with Crippen LogP contribution in [0.5, 0.6) is 5.75 Å². The SMILES string of the molecule is CCOc1ccc(CN2CC[C@@H](c3nc4c(c(NC)n3)CCN(C(C)=O)C4)C2)cc1CO. The van der Waals surface area contributed by atoms with E-state index in [1.807, 2.05) is 31.0 Å². The van der Waals surface area contributed by atoms with Crippen LogP contribution in [-0.4, -0.2) is 64.1 Å². The van der Waals surface area contributed by atoms with E-state index in [1.54, 1.807) is 6.92 Å². The van der Waals surface area contributed by atoms with E-state index >= 15 is 0 Å². The summed E-state index contributed by atoms with van der Waals surface area (Å²) in [7, 11) is 1.90. The summed E-state index contributed by atoms with van der Waals surface area (Å²) in [6.45, 7) is 8.07. The van der Waals surface area contributed by atoms with Gasteiger partial charge < -0.3 is 20.1 Å². The lowest BCUT2D eigenvalue weighted by molar-refractivity contribution is -0.129. The molecule has 0 unspecified atom stereocenters. The highest BCUT2D eigenvalue weighted by molar-refractivity contribution is 5.73. The van der Waals surface area contributed by atoms with E-state index < -0.39 is 0 Å². The Kier molecular flexibility index (Phi) is 6.91. The molecule has 1 amide bonds. The van der Waals surface area contributed by atoms with Crippen LogP contribution in [0.4, 0.5) is 5.82 Å². The number of hydrogen-bond donors (Lipinski definition) is 2. The number of benzene rings is 1. The van der Waals surface area contributed by atoms with Crippen molar-refractivity contribution in [3.8, 4) is 5.75 Å². The molecule has 0 radical (unpaired) electrons. The maximum Gasteiger partial charge on any atom is 0.219 e. The van der Waals surface area contributed by atoms with Gasteiger partial charge in [-0.15, -0.1) is 0 Å². The smallest absolute Gasteiger partial charge is 0.219 e. The van der Waals surface area contributed by atoms with Crippen molar-refractivity contribution < 1.29 is 14.6 Å². The first-order valence-electron chi connectivity index (χ1n) is 11.4. The van der Waals surface area contributed by atoms with Gasteiger partial charge in [0.05, 0.1) is 25.5 Å². The van der Waals surface area contributed by atoms with Crippen molar-refractivity contribution in [2.24, 2.45) is 0 Å². The predicted octanol–water partition coefficient (Wildman–Crippen LogP) is 2.30. The van der Waals surface area contributed by atoms with Gasteiger partial charge in [-0.25, -0.2) is 9.97 Å². The second-order valence-corrected chi connectivity index (χ2v) is 8.55. The summed E-state index contributed by atoms with van der Waals surface area (Å²) in [5, 5.41) is 12.9. The fraction of sp³-hybridized carbons (Fsp3) is 0.542. The molecule has 32 heavy (non-hydrogen) atoms. The molecule has 172 valence electrons. The fourth-order valence-corrected chi connectivity index (χ4v) is 4.70. The predicted molar refractivity (Wildman–Crippen MR) is 123 cm³/mol. The molecular formula is C24H33N5O3. The van der Waals surface area contributed by atoms with Crippen molar-refractivity contribution in [1.29, 1.82) is 0 Å². The van der Waals surface area contributed by atoms with Crippen molar-refractivity contribution in [1.82, 2.24) is 19.8 Å². The van der Waals surface area contributed by atoms with Gasteiger partial charge in [0, 0.05) is 50.7 Å². The fourth-order valence-electron chi connectivity index (χ4n) is 4.70. The first-order chi connectivity index (χ1) is 15.5. The molecule has 8 heteroatoms. The lowest BCUT2D eigenvalue weighted by atomic mass is 10.0. The summed E-state index contributed by atoms with van der Waals surface area (Å²) in [5.74, 6) is 2.86. The molecule has 8 nitrogen and oxygen atoms in total. The number of hydrogen-bond acceptors (Lipinski definition) is 7. The highest BCUT2D eigenvalue weighted by atomic mass is 16.5. The van der Waals surface area contributed by atoms with Gasteiger partial charge in [0.1, 0.15) is 17.4 Å². The molecule has 1 atom stereocenters. The topological polar surface area (TPSA) is 90.8 Å². The van der Waals surface area contributed by atoms with Crippen molar-refractivity contribution in [3.05, 3.63) is 46.4 Å². The number of rotatable bonds is 7. The van der Waals surface area contributed by atoms with Crippen LogP contribution in [0.1, 0.15) is 54.4 Å². The number of nitrogens with zero attached hydrogens (tertiary/aromatic N) is 4. The molecule has 2 aromatic rings. The largest absolute Gasteiger partial charge is 0.494 e. The van der Waals surface area contributed by atoms with Crippen molar-refractivity contribution in [2.75, 3.05) is 38.6 Å². The Morgan fingerprint density at radius 1 is 1.31 bits per heavy atom. The maximum atomic E-state index is 11.9. The first kappa shape index (κ1) is 22.5. The molecule has 2 aliphatic rings. The quantitative estimate of drug-likeness (QED) is 0.684. The van der Waals surface area contributed by atoms with Gasteiger partial charge in [0.25, 0.3) is 0 Å². The van der Waals surface area contributed by atoms with Crippen molar-refractivity contribution >= 4 is 11.7 Å². The second kappa shape index (κ2) is 9.83. The third-order valence-electron chi connectivity index (χ3n) is 6.40. The first-order valence-corrected chi connectivity index (χ1v) is 11.4. The Hall–Kier alpha value is -2.71. The standard InChI is InChI=1S/C24H33N5O3/c1-4-32-22-6-5-17(11-19(22)15-30)12-28-9-7-18(13-28)23-26-21-14-29(16(2)31)10-8-20(21)24(25-3)27-23/h5-6,11,18,30H,4,7-10,12-15H2,1-3H3,(H,25,26,27)/t18-/m1/s1. The third kappa shape index (κ3) is 4.71. The Bertz CT molecular complexity index is 980. The minimum atomic E-state index is -0.0289.